The van der Waals surface area contributed by atoms with Gasteiger partial charge in [0.15, 0.2) is 0 Å². The fraction of sp³-hybridized carbons (Fsp3) is 0.267. The highest BCUT2D eigenvalue weighted by molar-refractivity contribution is 9.11. The van der Waals surface area contributed by atoms with Gasteiger partial charge in [0, 0.05) is 23.8 Å². The summed E-state index contributed by atoms with van der Waals surface area (Å²) in [6, 6.07) is 10.8. The third-order valence-electron chi connectivity index (χ3n) is 3.51. The fourth-order valence-corrected chi connectivity index (χ4v) is 3.76. The number of rotatable bonds is 1. The number of pyridine rings is 1. The van der Waals surface area contributed by atoms with Gasteiger partial charge in [-0.15, -0.1) is 0 Å². The van der Waals surface area contributed by atoms with Gasteiger partial charge in [-0.05, 0) is 61.9 Å². The zero-order chi connectivity index (χ0) is 13.2. The average Bonchev–Trinajstić information content (AvgIpc) is 2.62. The van der Waals surface area contributed by atoms with Crippen LogP contribution in [0.25, 0.3) is 0 Å². The quantitative estimate of drug-likeness (QED) is 0.735. The first-order valence-corrected chi connectivity index (χ1v) is 7.95. The van der Waals surface area contributed by atoms with Crippen LogP contribution in [0.5, 0.6) is 0 Å². The number of hydrogen-bond donors (Lipinski definition) is 0. The number of aromatic nitrogens is 1. The number of halogens is 2. The number of nitrogens with zero attached hydrogens (tertiary/aromatic N) is 2. The third-order valence-corrected chi connectivity index (χ3v) is 4.53. The predicted octanol–water partition coefficient (Wildman–Crippen LogP) is 4.21. The first-order valence-electron chi connectivity index (χ1n) is 6.37. The first-order chi connectivity index (χ1) is 9.24. The van der Waals surface area contributed by atoms with Gasteiger partial charge in [0.1, 0.15) is 5.82 Å². The Morgan fingerprint density at radius 1 is 1.00 bits per heavy atom. The molecule has 0 radical (unpaired) electrons. The minimum atomic E-state index is 1.00. The van der Waals surface area contributed by atoms with Crippen LogP contribution in [-0.4, -0.2) is 18.1 Å². The summed E-state index contributed by atoms with van der Waals surface area (Å²) in [6.45, 7) is 2.04. The molecule has 4 heteroatoms. The number of benzene rings is 1. The van der Waals surface area contributed by atoms with E-state index in [4.69, 9.17) is 0 Å². The molecule has 0 bridgehead atoms. The van der Waals surface area contributed by atoms with Crippen molar-refractivity contribution in [2.45, 2.75) is 12.8 Å². The summed E-state index contributed by atoms with van der Waals surface area (Å²) in [7, 11) is 0. The van der Waals surface area contributed by atoms with Gasteiger partial charge in [0.25, 0.3) is 0 Å². The zero-order valence-corrected chi connectivity index (χ0v) is 13.6. The number of fused-ring (bicyclic) bond motifs is 1. The van der Waals surface area contributed by atoms with Crippen LogP contribution in [0.15, 0.2) is 45.5 Å². The summed E-state index contributed by atoms with van der Waals surface area (Å²) in [5, 5.41) is 0. The second-order valence-electron chi connectivity index (χ2n) is 4.71. The van der Waals surface area contributed by atoms with Gasteiger partial charge in [0.2, 0.25) is 0 Å². The van der Waals surface area contributed by atoms with Crippen molar-refractivity contribution in [2.75, 3.05) is 18.0 Å². The van der Waals surface area contributed by atoms with Crippen molar-refractivity contribution in [2.24, 2.45) is 0 Å². The monoisotopic (exact) mass is 380 g/mol. The Bertz CT molecular complexity index is 571. The smallest absolute Gasteiger partial charge is 0.142 e. The summed E-state index contributed by atoms with van der Waals surface area (Å²) < 4.78 is 2.05. The summed E-state index contributed by atoms with van der Waals surface area (Å²) in [5.74, 6) is 1.04. The molecule has 0 amide bonds. The molecule has 1 aliphatic rings. The Kier molecular flexibility index (Phi) is 3.89. The van der Waals surface area contributed by atoms with Crippen molar-refractivity contribution >= 4 is 37.7 Å². The van der Waals surface area contributed by atoms with Gasteiger partial charge in [0.05, 0.1) is 4.47 Å². The minimum Gasteiger partial charge on any atom is -0.355 e. The van der Waals surface area contributed by atoms with Crippen molar-refractivity contribution in [3.63, 3.8) is 0 Å². The standard InChI is InChI=1S/C15H14Br2N2/c16-13-9-14(17)15(18-10-13)19-7-5-11-3-1-2-4-12(11)6-8-19/h1-4,9-10H,5-8H2. The summed E-state index contributed by atoms with van der Waals surface area (Å²) in [4.78, 5) is 6.90. The molecule has 0 unspecified atom stereocenters. The molecule has 2 heterocycles. The second kappa shape index (κ2) is 5.63. The molecule has 19 heavy (non-hydrogen) atoms. The first kappa shape index (κ1) is 13.1. The Labute approximate surface area is 130 Å². The molecule has 1 aromatic carbocycles. The van der Waals surface area contributed by atoms with E-state index in [0.29, 0.717) is 0 Å². The SMILES string of the molecule is Brc1cnc(N2CCc3ccccc3CC2)c(Br)c1. The molecule has 2 aromatic rings. The Morgan fingerprint density at radius 2 is 1.63 bits per heavy atom. The average molecular weight is 382 g/mol. The molecular formula is C15H14Br2N2. The van der Waals surface area contributed by atoms with Gasteiger partial charge in [-0.3, -0.25) is 0 Å². The lowest BCUT2D eigenvalue weighted by Gasteiger charge is -2.22. The molecule has 0 spiro atoms. The van der Waals surface area contributed by atoms with Gasteiger partial charge < -0.3 is 4.90 Å². The van der Waals surface area contributed by atoms with Gasteiger partial charge in [-0.25, -0.2) is 4.98 Å². The molecular weight excluding hydrogens is 368 g/mol. The highest BCUT2D eigenvalue weighted by Gasteiger charge is 2.16. The molecule has 2 nitrogen and oxygen atoms in total. The molecule has 0 saturated heterocycles. The molecule has 3 rings (SSSR count). The lowest BCUT2D eigenvalue weighted by atomic mass is 10.0. The van der Waals surface area contributed by atoms with E-state index in [0.717, 1.165) is 40.7 Å². The van der Waals surface area contributed by atoms with E-state index in [-0.39, 0.29) is 0 Å². The summed E-state index contributed by atoms with van der Waals surface area (Å²) in [6.07, 6.45) is 4.03. The Morgan fingerprint density at radius 3 is 2.21 bits per heavy atom. The van der Waals surface area contributed by atoms with Crippen LogP contribution in [0.2, 0.25) is 0 Å². The summed E-state index contributed by atoms with van der Waals surface area (Å²) in [5.41, 5.74) is 2.94. The van der Waals surface area contributed by atoms with Crippen LogP contribution in [-0.2, 0) is 12.8 Å². The predicted molar refractivity (Wildman–Crippen MR) is 85.7 cm³/mol. The number of anilines is 1. The lowest BCUT2D eigenvalue weighted by Crippen LogP contribution is -2.27. The van der Waals surface area contributed by atoms with Crippen molar-refractivity contribution in [3.05, 3.63) is 56.6 Å². The largest absolute Gasteiger partial charge is 0.355 e. The third kappa shape index (κ3) is 2.84. The van der Waals surface area contributed by atoms with E-state index in [1.54, 1.807) is 0 Å². The van der Waals surface area contributed by atoms with E-state index in [1.807, 2.05) is 6.20 Å². The maximum Gasteiger partial charge on any atom is 0.142 e. The van der Waals surface area contributed by atoms with Crippen LogP contribution in [0.1, 0.15) is 11.1 Å². The zero-order valence-electron chi connectivity index (χ0n) is 10.4. The van der Waals surface area contributed by atoms with E-state index in [9.17, 15) is 0 Å². The van der Waals surface area contributed by atoms with Gasteiger partial charge in [-0.2, -0.15) is 0 Å². The molecule has 1 aromatic heterocycles. The fourth-order valence-electron chi connectivity index (χ4n) is 2.52. The molecule has 0 N–H and O–H groups in total. The van der Waals surface area contributed by atoms with Gasteiger partial charge in [-0.1, -0.05) is 24.3 Å². The van der Waals surface area contributed by atoms with E-state index < -0.39 is 0 Å². The molecule has 0 atom stereocenters. The summed E-state index contributed by atoms with van der Waals surface area (Å²) >= 11 is 7.06. The van der Waals surface area contributed by atoms with E-state index in [2.05, 4.69) is 72.1 Å². The molecule has 0 saturated carbocycles. The highest BCUT2D eigenvalue weighted by Crippen LogP contribution is 2.28. The van der Waals surface area contributed by atoms with Crippen molar-refractivity contribution in [3.8, 4) is 0 Å². The van der Waals surface area contributed by atoms with Crippen LogP contribution in [0.3, 0.4) is 0 Å². The number of hydrogen-bond acceptors (Lipinski definition) is 2. The minimum absolute atomic E-state index is 1.00. The highest BCUT2D eigenvalue weighted by atomic mass is 79.9. The van der Waals surface area contributed by atoms with Crippen molar-refractivity contribution in [1.82, 2.24) is 4.98 Å². The van der Waals surface area contributed by atoms with E-state index >= 15 is 0 Å². The van der Waals surface area contributed by atoms with Gasteiger partial charge >= 0.3 is 0 Å². The van der Waals surface area contributed by atoms with Crippen molar-refractivity contribution < 1.29 is 0 Å². The molecule has 0 aliphatic carbocycles. The van der Waals surface area contributed by atoms with Crippen LogP contribution in [0.4, 0.5) is 5.82 Å². The topological polar surface area (TPSA) is 16.1 Å². The normalized spacial score (nSPS) is 14.9. The lowest BCUT2D eigenvalue weighted by molar-refractivity contribution is 0.788. The second-order valence-corrected chi connectivity index (χ2v) is 6.48. The van der Waals surface area contributed by atoms with Crippen LogP contribution in [0, 0.1) is 0 Å². The molecule has 0 fully saturated rings. The van der Waals surface area contributed by atoms with E-state index in [1.165, 1.54) is 11.1 Å². The maximum atomic E-state index is 4.54. The van der Waals surface area contributed by atoms with Crippen LogP contribution < -0.4 is 4.90 Å². The Hall–Kier alpha value is -0.870. The molecule has 1 aliphatic heterocycles. The maximum absolute atomic E-state index is 4.54. The van der Waals surface area contributed by atoms with Crippen molar-refractivity contribution in [1.29, 1.82) is 0 Å². The molecule has 98 valence electrons. The Balaban J connectivity index is 1.85. The van der Waals surface area contributed by atoms with Crippen LogP contribution >= 0.6 is 31.9 Å².